The molecule has 0 aliphatic carbocycles. The highest BCUT2D eigenvalue weighted by Crippen LogP contribution is 2.54. The van der Waals surface area contributed by atoms with Crippen LogP contribution in [-0.2, 0) is 32.6 Å². The Bertz CT molecular complexity index is 1060. The van der Waals surface area contributed by atoms with E-state index < -0.39 is 7.82 Å². The van der Waals surface area contributed by atoms with Gasteiger partial charge in [0.1, 0.15) is 11.5 Å². The fourth-order valence-corrected chi connectivity index (χ4v) is 5.22. The molecule has 2 aromatic rings. The van der Waals surface area contributed by atoms with Crippen LogP contribution in [-0.4, -0.2) is 4.89 Å². The van der Waals surface area contributed by atoms with E-state index in [0.717, 1.165) is 22.3 Å². The molecule has 0 saturated heterocycles. The molecular formula is C29H43O4P. The lowest BCUT2D eigenvalue weighted by Gasteiger charge is -2.33. The van der Waals surface area contributed by atoms with Gasteiger partial charge in [0, 0.05) is 17.5 Å². The average Bonchev–Trinajstić information content (AvgIpc) is 2.58. The molecule has 5 heteroatoms. The van der Waals surface area contributed by atoms with E-state index in [1.807, 2.05) is 0 Å². The highest BCUT2D eigenvalue weighted by molar-refractivity contribution is 7.48. The summed E-state index contributed by atoms with van der Waals surface area (Å²) in [6, 6.07) is 8.52. The van der Waals surface area contributed by atoms with Crippen molar-refractivity contribution in [1.82, 2.24) is 0 Å². The van der Waals surface area contributed by atoms with E-state index in [0.29, 0.717) is 17.9 Å². The molecular weight excluding hydrogens is 443 g/mol. The lowest BCUT2D eigenvalue weighted by molar-refractivity contribution is 0.281. The highest BCUT2D eigenvalue weighted by atomic mass is 31.2. The molecule has 0 unspecified atom stereocenters. The number of benzene rings is 2. The van der Waals surface area contributed by atoms with Crippen LogP contribution in [0.2, 0.25) is 0 Å². The fourth-order valence-electron chi connectivity index (χ4n) is 4.29. The van der Waals surface area contributed by atoms with Crippen molar-refractivity contribution in [2.75, 3.05) is 0 Å². The Hall–Kier alpha value is -1.77. The van der Waals surface area contributed by atoms with E-state index in [2.05, 4.69) is 107 Å². The van der Waals surface area contributed by atoms with Gasteiger partial charge >= 0.3 is 7.82 Å². The van der Waals surface area contributed by atoms with Crippen LogP contribution in [0.15, 0.2) is 24.3 Å². The number of rotatable bonds is 0. The number of fused-ring (bicyclic) bond motifs is 2. The third kappa shape index (κ3) is 5.55. The Labute approximate surface area is 206 Å². The van der Waals surface area contributed by atoms with Gasteiger partial charge in [0.15, 0.2) is 0 Å². The van der Waals surface area contributed by atoms with Crippen molar-refractivity contribution in [3.63, 3.8) is 0 Å². The summed E-state index contributed by atoms with van der Waals surface area (Å²) in [5, 5.41) is 0. The van der Waals surface area contributed by atoms with Crippen LogP contribution in [0.1, 0.15) is 116 Å². The SMILES string of the molecule is CC(C)(C)c1cc2c(c(C(C)(C)C)c1)OP(=O)(O)Oc1c(cc(C(C)(C)C)cc1C(C)(C)C)C2. The van der Waals surface area contributed by atoms with Gasteiger partial charge in [0.2, 0.25) is 0 Å². The van der Waals surface area contributed by atoms with Gasteiger partial charge < -0.3 is 9.05 Å². The monoisotopic (exact) mass is 486 g/mol. The quantitative estimate of drug-likeness (QED) is 0.380. The topological polar surface area (TPSA) is 55.8 Å². The molecule has 1 aliphatic heterocycles. The Morgan fingerprint density at radius 2 is 0.941 bits per heavy atom. The van der Waals surface area contributed by atoms with Gasteiger partial charge in [-0.2, -0.15) is 0 Å². The summed E-state index contributed by atoms with van der Waals surface area (Å²) in [6.07, 6.45) is 0.560. The van der Waals surface area contributed by atoms with Crippen molar-refractivity contribution in [2.45, 2.75) is 111 Å². The molecule has 34 heavy (non-hydrogen) atoms. The molecule has 2 aromatic carbocycles. The van der Waals surface area contributed by atoms with Crippen molar-refractivity contribution in [1.29, 1.82) is 0 Å². The van der Waals surface area contributed by atoms with Crippen molar-refractivity contribution >= 4 is 7.82 Å². The predicted octanol–water partition coefficient (Wildman–Crippen LogP) is 8.34. The summed E-state index contributed by atoms with van der Waals surface area (Å²) >= 11 is 0. The van der Waals surface area contributed by atoms with Crippen LogP contribution < -0.4 is 9.05 Å². The Kier molecular flexibility index (Phi) is 6.42. The lowest BCUT2D eigenvalue weighted by atomic mass is 9.76. The second-order valence-corrected chi connectivity index (χ2v) is 15.2. The normalized spacial score (nSPS) is 16.5. The van der Waals surface area contributed by atoms with Gasteiger partial charge in [-0.15, -0.1) is 0 Å². The van der Waals surface area contributed by atoms with E-state index in [-0.39, 0.29) is 21.7 Å². The molecule has 1 N–H and O–H groups in total. The number of hydrogen-bond acceptors (Lipinski definition) is 3. The zero-order valence-corrected chi connectivity index (χ0v) is 24.0. The standard InChI is InChI=1S/C29H43O4P/c1-26(2,3)20-14-18-13-19-15-21(27(4,5)6)17-23(29(10,11)12)25(19)33-34(30,31)32-24(18)22(16-20)28(7,8)9/h14-17H,13H2,1-12H3,(H,30,31). The largest absolute Gasteiger partial charge is 0.584 e. The second-order valence-electron chi connectivity index (χ2n) is 13.9. The van der Waals surface area contributed by atoms with Crippen LogP contribution in [0.5, 0.6) is 11.5 Å². The molecule has 0 amide bonds. The Morgan fingerprint density at radius 3 is 1.21 bits per heavy atom. The molecule has 4 nitrogen and oxygen atoms in total. The summed E-state index contributed by atoms with van der Waals surface area (Å²) < 4.78 is 25.1. The summed E-state index contributed by atoms with van der Waals surface area (Å²) in [7, 11) is -4.43. The van der Waals surface area contributed by atoms with Gasteiger partial charge in [-0.1, -0.05) is 107 Å². The molecule has 0 atom stereocenters. The van der Waals surface area contributed by atoms with Crippen molar-refractivity contribution in [3.05, 3.63) is 57.6 Å². The third-order valence-corrected chi connectivity index (χ3v) is 7.30. The zero-order valence-electron chi connectivity index (χ0n) is 23.1. The first-order valence-electron chi connectivity index (χ1n) is 12.2. The smallest absolute Gasteiger partial charge is 0.395 e. The fraction of sp³-hybridized carbons (Fsp3) is 0.586. The van der Waals surface area contributed by atoms with Gasteiger partial charge in [-0.25, -0.2) is 4.57 Å². The average molecular weight is 487 g/mol. The molecule has 0 fully saturated rings. The van der Waals surface area contributed by atoms with E-state index in [9.17, 15) is 9.46 Å². The van der Waals surface area contributed by atoms with Crippen LogP contribution in [0.25, 0.3) is 0 Å². The molecule has 0 bridgehead atoms. The van der Waals surface area contributed by atoms with Gasteiger partial charge in [-0.05, 0) is 43.9 Å². The first-order valence-corrected chi connectivity index (χ1v) is 13.7. The van der Waals surface area contributed by atoms with Gasteiger partial charge in [-0.3, -0.25) is 4.89 Å². The van der Waals surface area contributed by atoms with E-state index >= 15 is 0 Å². The summed E-state index contributed by atoms with van der Waals surface area (Å²) in [5.74, 6) is 0.936. The number of phosphoric ester groups is 1. The van der Waals surface area contributed by atoms with Crippen molar-refractivity contribution < 1.29 is 18.5 Å². The molecule has 0 aromatic heterocycles. The Balaban J connectivity index is 2.43. The predicted molar refractivity (Wildman–Crippen MR) is 142 cm³/mol. The molecule has 3 rings (SSSR count). The first-order chi connectivity index (χ1) is 15.1. The zero-order chi connectivity index (χ0) is 26.1. The maximum absolute atomic E-state index is 13.4. The maximum Gasteiger partial charge on any atom is 0.584 e. The first kappa shape index (κ1) is 26.8. The molecule has 1 aliphatic rings. The van der Waals surface area contributed by atoms with Crippen LogP contribution >= 0.6 is 7.82 Å². The second kappa shape index (κ2) is 8.14. The molecule has 188 valence electrons. The Morgan fingerprint density at radius 1 is 0.618 bits per heavy atom. The molecule has 0 spiro atoms. The van der Waals surface area contributed by atoms with Crippen molar-refractivity contribution in [2.24, 2.45) is 0 Å². The van der Waals surface area contributed by atoms with Gasteiger partial charge in [0.05, 0.1) is 0 Å². The third-order valence-electron chi connectivity index (χ3n) is 6.47. The number of phosphoric acid groups is 1. The van der Waals surface area contributed by atoms with Crippen molar-refractivity contribution in [3.8, 4) is 11.5 Å². The van der Waals surface area contributed by atoms with E-state index in [4.69, 9.17) is 9.05 Å². The summed E-state index contributed by atoms with van der Waals surface area (Å²) in [4.78, 5) is 10.9. The lowest BCUT2D eigenvalue weighted by Crippen LogP contribution is -2.22. The minimum atomic E-state index is -4.43. The van der Waals surface area contributed by atoms with Gasteiger partial charge in [0.25, 0.3) is 0 Å². The van der Waals surface area contributed by atoms with Crippen LogP contribution in [0, 0.1) is 0 Å². The minimum absolute atomic E-state index is 0.0799. The highest BCUT2D eigenvalue weighted by Gasteiger charge is 2.38. The summed E-state index contributed by atoms with van der Waals surface area (Å²) in [5.41, 5.74) is 5.31. The van der Waals surface area contributed by atoms with Crippen LogP contribution in [0.3, 0.4) is 0 Å². The van der Waals surface area contributed by atoms with Crippen LogP contribution in [0.4, 0.5) is 0 Å². The molecule has 0 saturated carbocycles. The van der Waals surface area contributed by atoms with E-state index in [1.54, 1.807) is 0 Å². The molecule has 1 heterocycles. The number of hydrogen-bond donors (Lipinski definition) is 1. The summed E-state index contributed by atoms with van der Waals surface area (Å²) in [6.45, 7) is 25.7. The molecule has 0 radical (unpaired) electrons. The maximum atomic E-state index is 13.4. The minimum Gasteiger partial charge on any atom is -0.395 e. The van der Waals surface area contributed by atoms with E-state index in [1.165, 1.54) is 11.1 Å².